The van der Waals surface area contributed by atoms with Gasteiger partial charge in [0.1, 0.15) is 5.58 Å². The summed E-state index contributed by atoms with van der Waals surface area (Å²) in [7, 11) is 1.75. The maximum atomic E-state index is 12.4. The minimum atomic E-state index is -0.246. The van der Waals surface area contributed by atoms with Gasteiger partial charge in [0, 0.05) is 37.0 Å². The van der Waals surface area contributed by atoms with Crippen molar-refractivity contribution in [1.29, 1.82) is 0 Å². The summed E-state index contributed by atoms with van der Waals surface area (Å²) >= 11 is 0. The van der Waals surface area contributed by atoms with Crippen molar-refractivity contribution in [3.05, 3.63) is 60.4 Å². The van der Waals surface area contributed by atoms with Crippen molar-refractivity contribution in [1.82, 2.24) is 0 Å². The molecule has 2 heterocycles. The van der Waals surface area contributed by atoms with Crippen molar-refractivity contribution < 1.29 is 13.9 Å². The predicted octanol–water partition coefficient (Wildman–Crippen LogP) is 3.91. The number of ether oxygens (including phenoxy) is 1. The fourth-order valence-corrected chi connectivity index (χ4v) is 3.20. The molecule has 128 valence electrons. The summed E-state index contributed by atoms with van der Waals surface area (Å²) in [5, 5.41) is 3.80. The van der Waals surface area contributed by atoms with Crippen LogP contribution in [0.5, 0.6) is 0 Å². The van der Waals surface area contributed by atoms with Gasteiger partial charge in [-0.1, -0.05) is 18.2 Å². The summed E-state index contributed by atoms with van der Waals surface area (Å²) in [6, 6.07) is 17.2. The number of methoxy groups -OCH3 is 1. The van der Waals surface area contributed by atoms with Gasteiger partial charge in [0.05, 0.1) is 6.10 Å². The lowest BCUT2D eigenvalue weighted by molar-refractivity contribution is 0.0998. The SMILES string of the molecule is COC1CCN(c2ccc(NC(=O)c3cc4ccccc4o3)cc2)C1. The molecule has 4 rings (SSSR count). The Bertz CT molecular complexity index is 852. The van der Waals surface area contributed by atoms with Crippen molar-refractivity contribution in [3.8, 4) is 0 Å². The van der Waals surface area contributed by atoms with Gasteiger partial charge in [-0.05, 0) is 42.8 Å². The summed E-state index contributed by atoms with van der Waals surface area (Å²) in [5.74, 6) is 0.0670. The third-order valence-corrected chi connectivity index (χ3v) is 4.62. The van der Waals surface area contributed by atoms with E-state index < -0.39 is 0 Å². The Balaban J connectivity index is 1.44. The molecule has 1 aromatic heterocycles. The number of hydrogen-bond acceptors (Lipinski definition) is 4. The lowest BCUT2D eigenvalue weighted by Gasteiger charge is -2.18. The molecule has 0 radical (unpaired) electrons. The van der Waals surface area contributed by atoms with Crippen LogP contribution in [-0.2, 0) is 4.74 Å². The monoisotopic (exact) mass is 336 g/mol. The van der Waals surface area contributed by atoms with Crippen LogP contribution in [0.1, 0.15) is 17.0 Å². The molecule has 0 bridgehead atoms. The Morgan fingerprint density at radius 3 is 2.72 bits per heavy atom. The number of carbonyl (C=O) groups is 1. The molecule has 1 atom stereocenters. The smallest absolute Gasteiger partial charge is 0.291 e. The van der Waals surface area contributed by atoms with Crippen LogP contribution < -0.4 is 10.2 Å². The van der Waals surface area contributed by atoms with E-state index in [0.717, 1.165) is 36.3 Å². The molecule has 1 fully saturated rings. The number of para-hydroxylation sites is 1. The number of nitrogens with zero attached hydrogens (tertiary/aromatic N) is 1. The Hall–Kier alpha value is -2.79. The van der Waals surface area contributed by atoms with Crippen LogP contribution >= 0.6 is 0 Å². The molecule has 3 aromatic rings. The predicted molar refractivity (Wildman–Crippen MR) is 98.2 cm³/mol. The zero-order chi connectivity index (χ0) is 17.2. The van der Waals surface area contributed by atoms with Crippen LogP contribution in [-0.4, -0.2) is 32.2 Å². The lowest BCUT2D eigenvalue weighted by Crippen LogP contribution is -2.22. The number of rotatable bonds is 4. The van der Waals surface area contributed by atoms with Gasteiger partial charge in [-0.2, -0.15) is 0 Å². The summed E-state index contributed by atoms with van der Waals surface area (Å²) in [4.78, 5) is 14.7. The largest absolute Gasteiger partial charge is 0.451 e. The first-order chi connectivity index (χ1) is 12.2. The standard InChI is InChI=1S/C20H20N2O3/c1-24-17-10-11-22(13-17)16-8-6-15(7-9-16)21-20(23)19-12-14-4-2-3-5-18(14)25-19/h2-9,12,17H,10-11,13H2,1H3,(H,21,23). The highest BCUT2D eigenvalue weighted by Gasteiger charge is 2.22. The van der Waals surface area contributed by atoms with Gasteiger partial charge in [0.25, 0.3) is 5.91 Å². The van der Waals surface area contributed by atoms with E-state index in [0.29, 0.717) is 17.4 Å². The van der Waals surface area contributed by atoms with Crippen molar-refractivity contribution in [3.63, 3.8) is 0 Å². The van der Waals surface area contributed by atoms with E-state index in [1.807, 2.05) is 48.5 Å². The molecule has 1 N–H and O–H groups in total. The second-order valence-electron chi connectivity index (χ2n) is 6.24. The zero-order valence-corrected chi connectivity index (χ0v) is 14.1. The third-order valence-electron chi connectivity index (χ3n) is 4.62. The highest BCUT2D eigenvalue weighted by atomic mass is 16.5. The second kappa shape index (κ2) is 6.61. The molecule has 0 saturated carbocycles. The highest BCUT2D eigenvalue weighted by Crippen LogP contribution is 2.24. The van der Waals surface area contributed by atoms with Gasteiger partial charge in [0.2, 0.25) is 0 Å². The van der Waals surface area contributed by atoms with E-state index in [9.17, 15) is 4.79 Å². The summed E-state index contributed by atoms with van der Waals surface area (Å²) < 4.78 is 11.0. The average molecular weight is 336 g/mol. The van der Waals surface area contributed by atoms with Crippen molar-refractivity contribution >= 4 is 28.3 Å². The molecule has 0 aliphatic carbocycles. The molecule has 1 aliphatic heterocycles. The number of hydrogen-bond donors (Lipinski definition) is 1. The minimum Gasteiger partial charge on any atom is -0.451 e. The molecule has 1 aliphatic rings. The number of carbonyl (C=O) groups excluding carboxylic acids is 1. The number of fused-ring (bicyclic) bond motifs is 1. The number of benzene rings is 2. The van der Waals surface area contributed by atoms with E-state index in [1.165, 1.54) is 0 Å². The zero-order valence-electron chi connectivity index (χ0n) is 14.1. The first kappa shape index (κ1) is 15.7. The van der Waals surface area contributed by atoms with Gasteiger partial charge in [-0.3, -0.25) is 4.79 Å². The molecule has 5 heteroatoms. The van der Waals surface area contributed by atoms with Gasteiger partial charge in [-0.25, -0.2) is 0 Å². The van der Waals surface area contributed by atoms with Crippen LogP contribution in [0.15, 0.2) is 59.0 Å². The number of amides is 1. The molecule has 5 nitrogen and oxygen atoms in total. The molecule has 1 saturated heterocycles. The van der Waals surface area contributed by atoms with Crippen LogP contribution in [0.2, 0.25) is 0 Å². The molecular weight excluding hydrogens is 316 g/mol. The number of furan rings is 1. The Morgan fingerprint density at radius 2 is 2.00 bits per heavy atom. The second-order valence-corrected chi connectivity index (χ2v) is 6.24. The van der Waals surface area contributed by atoms with Crippen molar-refractivity contribution in [2.24, 2.45) is 0 Å². The molecule has 2 aromatic carbocycles. The average Bonchev–Trinajstić information content (AvgIpc) is 3.29. The molecule has 1 amide bonds. The maximum absolute atomic E-state index is 12.4. The molecule has 1 unspecified atom stereocenters. The summed E-state index contributed by atoms with van der Waals surface area (Å²) in [5.41, 5.74) is 2.60. The van der Waals surface area contributed by atoms with E-state index in [-0.39, 0.29) is 5.91 Å². The van der Waals surface area contributed by atoms with Gasteiger partial charge < -0.3 is 19.4 Å². The Labute approximate surface area is 146 Å². The topological polar surface area (TPSA) is 54.7 Å². The minimum absolute atomic E-state index is 0.246. The van der Waals surface area contributed by atoms with Crippen LogP contribution in [0.25, 0.3) is 11.0 Å². The van der Waals surface area contributed by atoms with Crippen LogP contribution in [0.3, 0.4) is 0 Å². The Morgan fingerprint density at radius 1 is 1.20 bits per heavy atom. The molecule has 25 heavy (non-hydrogen) atoms. The van der Waals surface area contributed by atoms with Crippen LogP contribution in [0.4, 0.5) is 11.4 Å². The number of nitrogens with one attached hydrogen (secondary N) is 1. The quantitative estimate of drug-likeness (QED) is 0.785. The third kappa shape index (κ3) is 3.23. The van der Waals surface area contributed by atoms with Crippen LogP contribution in [0, 0.1) is 0 Å². The van der Waals surface area contributed by atoms with Gasteiger partial charge in [0.15, 0.2) is 5.76 Å². The summed E-state index contributed by atoms with van der Waals surface area (Å²) in [6.45, 7) is 1.89. The molecular formula is C20H20N2O3. The van der Waals surface area contributed by atoms with E-state index >= 15 is 0 Å². The fourth-order valence-electron chi connectivity index (χ4n) is 3.20. The normalized spacial score (nSPS) is 17.2. The molecule has 0 spiro atoms. The van der Waals surface area contributed by atoms with Crippen molar-refractivity contribution in [2.75, 3.05) is 30.4 Å². The van der Waals surface area contributed by atoms with Gasteiger partial charge >= 0.3 is 0 Å². The maximum Gasteiger partial charge on any atom is 0.291 e. The highest BCUT2D eigenvalue weighted by molar-refractivity contribution is 6.04. The van der Waals surface area contributed by atoms with Crippen molar-refractivity contribution in [2.45, 2.75) is 12.5 Å². The number of anilines is 2. The first-order valence-corrected chi connectivity index (χ1v) is 8.40. The fraction of sp³-hybridized carbons (Fsp3) is 0.250. The van der Waals surface area contributed by atoms with E-state index in [2.05, 4.69) is 10.2 Å². The summed E-state index contributed by atoms with van der Waals surface area (Å²) in [6.07, 6.45) is 1.34. The lowest BCUT2D eigenvalue weighted by atomic mass is 10.2. The Kier molecular flexibility index (Phi) is 4.15. The van der Waals surface area contributed by atoms with E-state index in [4.69, 9.17) is 9.15 Å². The first-order valence-electron chi connectivity index (χ1n) is 8.40. The van der Waals surface area contributed by atoms with Gasteiger partial charge in [-0.15, -0.1) is 0 Å². The van der Waals surface area contributed by atoms with E-state index in [1.54, 1.807) is 13.2 Å².